The van der Waals surface area contributed by atoms with Gasteiger partial charge in [-0.25, -0.2) is 0 Å². The van der Waals surface area contributed by atoms with E-state index in [1.54, 1.807) is 0 Å². The van der Waals surface area contributed by atoms with Crippen molar-refractivity contribution in [2.75, 3.05) is 14.2 Å². The van der Waals surface area contributed by atoms with Gasteiger partial charge < -0.3 is 29.2 Å². The summed E-state index contributed by atoms with van der Waals surface area (Å²) < 4.78 is 15.8. The molecule has 2 aromatic carbocycles. The second-order valence-corrected chi connectivity index (χ2v) is 5.01. The Morgan fingerprint density at radius 2 is 1.71 bits per heavy atom. The van der Waals surface area contributed by atoms with E-state index in [0.717, 1.165) is 0 Å². The lowest BCUT2D eigenvalue weighted by atomic mass is 10.1. The summed E-state index contributed by atoms with van der Waals surface area (Å²) in [5.74, 6) is -0.690. The number of benzene rings is 2. The molecule has 0 saturated heterocycles. The molecule has 24 heavy (non-hydrogen) atoms. The Kier molecular flexibility index (Phi) is 3.69. The lowest BCUT2D eigenvalue weighted by molar-refractivity contribution is 0.342. The highest BCUT2D eigenvalue weighted by Gasteiger charge is 2.19. The molecule has 3 aromatic rings. The maximum Gasteiger partial charge on any atom is 0.201 e. The van der Waals surface area contributed by atoms with Crippen LogP contribution < -0.4 is 14.9 Å². The van der Waals surface area contributed by atoms with Crippen LogP contribution in [0.2, 0.25) is 0 Å². The van der Waals surface area contributed by atoms with Crippen LogP contribution in [-0.2, 0) is 0 Å². The number of hydrogen-bond donors (Lipinski definition) is 3. The van der Waals surface area contributed by atoms with Gasteiger partial charge in [0, 0.05) is 17.7 Å². The van der Waals surface area contributed by atoms with Gasteiger partial charge >= 0.3 is 0 Å². The highest BCUT2D eigenvalue weighted by molar-refractivity contribution is 5.89. The molecule has 3 rings (SSSR count). The van der Waals surface area contributed by atoms with E-state index in [1.165, 1.54) is 44.6 Å². The first kappa shape index (κ1) is 15.5. The highest BCUT2D eigenvalue weighted by Crippen LogP contribution is 2.42. The number of methoxy groups -OCH3 is 2. The zero-order chi connectivity index (χ0) is 17.4. The lowest BCUT2D eigenvalue weighted by Crippen LogP contribution is -2.03. The molecule has 7 nitrogen and oxygen atoms in total. The van der Waals surface area contributed by atoms with Gasteiger partial charge in [-0.2, -0.15) is 0 Å². The first-order chi connectivity index (χ1) is 11.5. The Hall–Kier alpha value is -3.35. The number of phenols is 3. The summed E-state index contributed by atoms with van der Waals surface area (Å²) in [4.78, 5) is 12.5. The van der Waals surface area contributed by atoms with E-state index >= 15 is 0 Å². The minimum absolute atomic E-state index is 0.0433. The lowest BCUT2D eigenvalue weighted by Gasteiger charge is -2.11. The number of rotatable bonds is 3. The van der Waals surface area contributed by atoms with Crippen LogP contribution in [0.25, 0.3) is 22.3 Å². The number of hydrogen-bond acceptors (Lipinski definition) is 7. The number of phenolic OH excluding ortho intramolecular Hbond substituents is 3. The van der Waals surface area contributed by atoms with Gasteiger partial charge in [-0.3, -0.25) is 4.79 Å². The fraction of sp³-hybridized carbons (Fsp3) is 0.118. The second kappa shape index (κ2) is 5.69. The first-order valence-electron chi connectivity index (χ1n) is 6.90. The van der Waals surface area contributed by atoms with Gasteiger partial charge in [0.1, 0.15) is 16.7 Å². The molecule has 3 N–H and O–H groups in total. The van der Waals surface area contributed by atoms with Crippen LogP contribution in [-0.4, -0.2) is 29.5 Å². The number of fused-ring (bicyclic) bond motifs is 1. The molecule has 0 atom stereocenters. The van der Waals surface area contributed by atoms with E-state index in [9.17, 15) is 20.1 Å². The molecule has 0 aliphatic heterocycles. The minimum Gasteiger partial charge on any atom is -0.504 e. The molecule has 124 valence electrons. The van der Waals surface area contributed by atoms with Crippen molar-refractivity contribution in [1.29, 1.82) is 0 Å². The van der Waals surface area contributed by atoms with Crippen LogP contribution in [0.1, 0.15) is 0 Å². The zero-order valence-corrected chi connectivity index (χ0v) is 12.9. The van der Waals surface area contributed by atoms with Gasteiger partial charge in [-0.15, -0.1) is 0 Å². The Morgan fingerprint density at radius 3 is 2.33 bits per heavy atom. The molecular formula is C17H14O7. The van der Waals surface area contributed by atoms with Gasteiger partial charge in [0.2, 0.25) is 5.75 Å². The predicted molar refractivity (Wildman–Crippen MR) is 86.0 cm³/mol. The van der Waals surface area contributed by atoms with Crippen LogP contribution in [0.5, 0.6) is 28.7 Å². The van der Waals surface area contributed by atoms with Crippen molar-refractivity contribution in [2.24, 2.45) is 0 Å². The maximum atomic E-state index is 12.5. The van der Waals surface area contributed by atoms with Crippen molar-refractivity contribution in [2.45, 2.75) is 0 Å². The summed E-state index contributed by atoms with van der Waals surface area (Å²) in [7, 11) is 2.68. The predicted octanol–water partition coefficient (Wildman–Crippen LogP) is 2.59. The van der Waals surface area contributed by atoms with Crippen molar-refractivity contribution in [3.05, 3.63) is 40.6 Å². The van der Waals surface area contributed by atoms with Crippen LogP contribution in [0.3, 0.4) is 0 Å². The standard InChI is InChI=1S/C17H14O7/c1-22-14-7-13-15(17(23-2)16(14)21)11(20)6-12(24-13)8-3-4-9(18)10(19)5-8/h3-7,18-19,21H,1-2H3. The summed E-state index contributed by atoms with van der Waals surface area (Å²) in [6, 6.07) is 6.64. The second-order valence-electron chi connectivity index (χ2n) is 5.01. The third kappa shape index (κ3) is 2.36. The largest absolute Gasteiger partial charge is 0.504 e. The molecule has 0 bridgehead atoms. The molecule has 0 amide bonds. The summed E-state index contributed by atoms with van der Waals surface area (Å²) in [6.45, 7) is 0. The quantitative estimate of drug-likeness (QED) is 0.633. The molecule has 0 aliphatic carbocycles. The van der Waals surface area contributed by atoms with Crippen molar-refractivity contribution >= 4 is 11.0 Å². The molecule has 0 spiro atoms. The monoisotopic (exact) mass is 330 g/mol. The van der Waals surface area contributed by atoms with Crippen LogP contribution >= 0.6 is 0 Å². The van der Waals surface area contributed by atoms with Crippen molar-refractivity contribution in [3.8, 4) is 40.1 Å². The number of ether oxygens (including phenoxy) is 2. The summed E-state index contributed by atoms with van der Waals surface area (Å²) in [5.41, 5.74) is 0.112. The summed E-state index contributed by atoms with van der Waals surface area (Å²) in [5, 5.41) is 29.1. The van der Waals surface area contributed by atoms with E-state index in [1.807, 2.05) is 0 Å². The van der Waals surface area contributed by atoms with Crippen molar-refractivity contribution < 1.29 is 29.2 Å². The van der Waals surface area contributed by atoms with Crippen molar-refractivity contribution in [1.82, 2.24) is 0 Å². The molecule has 1 heterocycles. The average Bonchev–Trinajstić information content (AvgIpc) is 2.57. The molecule has 7 heteroatoms. The molecule has 0 radical (unpaired) electrons. The fourth-order valence-corrected chi connectivity index (χ4v) is 2.43. The van der Waals surface area contributed by atoms with Crippen LogP contribution in [0, 0.1) is 0 Å². The first-order valence-corrected chi connectivity index (χ1v) is 6.90. The Bertz CT molecular complexity index is 988. The van der Waals surface area contributed by atoms with Crippen molar-refractivity contribution in [3.63, 3.8) is 0 Å². The average molecular weight is 330 g/mol. The Balaban J connectivity index is 2.32. The smallest absolute Gasteiger partial charge is 0.201 e. The van der Waals surface area contributed by atoms with Gasteiger partial charge in [0.05, 0.1) is 14.2 Å². The molecule has 0 aliphatic rings. The van der Waals surface area contributed by atoms with E-state index in [0.29, 0.717) is 5.56 Å². The van der Waals surface area contributed by atoms with Crippen LogP contribution in [0.4, 0.5) is 0 Å². The zero-order valence-electron chi connectivity index (χ0n) is 12.9. The van der Waals surface area contributed by atoms with E-state index < -0.39 is 5.43 Å². The maximum absolute atomic E-state index is 12.5. The van der Waals surface area contributed by atoms with E-state index in [2.05, 4.69) is 0 Å². The molecule has 1 aromatic heterocycles. The Morgan fingerprint density at radius 1 is 0.958 bits per heavy atom. The highest BCUT2D eigenvalue weighted by atomic mass is 16.5. The van der Waals surface area contributed by atoms with Gasteiger partial charge in [-0.1, -0.05) is 0 Å². The van der Waals surface area contributed by atoms with Crippen LogP contribution in [0.15, 0.2) is 39.5 Å². The SMILES string of the molecule is COc1cc2oc(-c3ccc(O)c(O)c3)cc(=O)c2c(OC)c1O. The fourth-order valence-electron chi connectivity index (χ4n) is 2.43. The topological polar surface area (TPSA) is 109 Å². The molecular weight excluding hydrogens is 316 g/mol. The van der Waals surface area contributed by atoms with Gasteiger partial charge in [0.25, 0.3) is 0 Å². The summed E-state index contributed by atoms with van der Waals surface area (Å²) in [6.07, 6.45) is 0. The Labute approximate surface area is 135 Å². The molecule has 0 saturated carbocycles. The number of aromatic hydroxyl groups is 3. The van der Waals surface area contributed by atoms with E-state index in [-0.39, 0.29) is 45.5 Å². The third-order valence-electron chi connectivity index (χ3n) is 3.60. The summed E-state index contributed by atoms with van der Waals surface area (Å²) >= 11 is 0. The molecule has 0 fully saturated rings. The van der Waals surface area contributed by atoms with E-state index in [4.69, 9.17) is 13.9 Å². The molecule has 0 unspecified atom stereocenters. The third-order valence-corrected chi connectivity index (χ3v) is 3.60. The normalized spacial score (nSPS) is 10.8. The van der Waals surface area contributed by atoms with Gasteiger partial charge in [0.15, 0.2) is 28.4 Å². The minimum atomic E-state index is -0.436. The van der Waals surface area contributed by atoms with Gasteiger partial charge in [-0.05, 0) is 18.2 Å².